The highest BCUT2D eigenvalue weighted by atomic mass is 32.2. The summed E-state index contributed by atoms with van der Waals surface area (Å²) < 4.78 is 27.5. The van der Waals surface area contributed by atoms with Crippen molar-refractivity contribution < 1.29 is 8.42 Å². The van der Waals surface area contributed by atoms with E-state index in [1.165, 1.54) is 4.31 Å². The molecular weight excluding hydrogens is 226 g/mol. The van der Waals surface area contributed by atoms with Gasteiger partial charge in [0.1, 0.15) is 0 Å². The standard InChI is InChI=1S/C10H15N3O2S/c11-6-9-7-12-16(14,15)13(8-9)10-4-2-1-3-5-10/h1-5,9,12H,6-8,11H2. The maximum Gasteiger partial charge on any atom is 0.301 e. The minimum absolute atomic E-state index is 0.156. The zero-order valence-corrected chi connectivity index (χ0v) is 9.65. The minimum Gasteiger partial charge on any atom is -0.330 e. The molecule has 1 atom stereocenters. The number of nitrogens with one attached hydrogen (secondary N) is 1. The molecule has 1 unspecified atom stereocenters. The molecule has 0 radical (unpaired) electrons. The Labute approximate surface area is 95.4 Å². The summed E-state index contributed by atoms with van der Waals surface area (Å²) in [5.41, 5.74) is 6.24. The zero-order valence-electron chi connectivity index (χ0n) is 8.83. The first-order valence-electron chi connectivity index (χ1n) is 5.16. The van der Waals surface area contributed by atoms with Gasteiger partial charge in [-0.2, -0.15) is 13.1 Å². The molecule has 16 heavy (non-hydrogen) atoms. The van der Waals surface area contributed by atoms with Crippen LogP contribution in [0.4, 0.5) is 5.69 Å². The number of para-hydroxylation sites is 1. The fourth-order valence-electron chi connectivity index (χ4n) is 1.69. The second-order valence-electron chi connectivity index (χ2n) is 3.82. The summed E-state index contributed by atoms with van der Waals surface area (Å²) in [5, 5.41) is 0. The molecule has 0 bridgehead atoms. The number of hydrogen-bond acceptors (Lipinski definition) is 3. The van der Waals surface area contributed by atoms with E-state index in [0.29, 0.717) is 25.3 Å². The normalized spacial score (nSPS) is 24.3. The molecular formula is C10H15N3O2S. The number of nitrogens with two attached hydrogens (primary N) is 1. The molecule has 1 aliphatic rings. The SMILES string of the molecule is NCC1CNS(=O)(=O)N(c2ccccc2)C1. The van der Waals surface area contributed by atoms with Crippen LogP contribution in [0.3, 0.4) is 0 Å². The Morgan fingerprint density at radius 2 is 2.06 bits per heavy atom. The van der Waals surface area contributed by atoms with Gasteiger partial charge in [-0.1, -0.05) is 18.2 Å². The van der Waals surface area contributed by atoms with E-state index in [0.717, 1.165) is 0 Å². The summed E-state index contributed by atoms with van der Waals surface area (Å²) >= 11 is 0. The van der Waals surface area contributed by atoms with Gasteiger partial charge in [-0.25, -0.2) is 0 Å². The van der Waals surface area contributed by atoms with E-state index < -0.39 is 10.2 Å². The van der Waals surface area contributed by atoms with E-state index >= 15 is 0 Å². The first-order chi connectivity index (χ1) is 7.63. The van der Waals surface area contributed by atoms with Gasteiger partial charge in [0, 0.05) is 19.0 Å². The Balaban J connectivity index is 2.30. The molecule has 5 nitrogen and oxygen atoms in total. The maximum atomic E-state index is 11.8. The van der Waals surface area contributed by atoms with Gasteiger partial charge < -0.3 is 5.73 Å². The Morgan fingerprint density at radius 1 is 1.38 bits per heavy atom. The third-order valence-corrected chi connectivity index (χ3v) is 4.12. The van der Waals surface area contributed by atoms with Gasteiger partial charge in [0.05, 0.1) is 5.69 Å². The van der Waals surface area contributed by atoms with Crippen molar-refractivity contribution in [3.63, 3.8) is 0 Å². The van der Waals surface area contributed by atoms with Gasteiger partial charge >= 0.3 is 10.2 Å². The van der Waals surface area contributed by atoms with Gasteiger partial charge in [0.2, 0.25) is 0 Å². The lowest BCUT2D eigenvalue weighted by Gasteiger charge is -2.33. The second-order valence-corrected chi connectivity index (χ2v) is 5.50. The lowest BCUT2D eigenvalue weighted by atomic mass is 10.1. The first-order valence-corrected chi connectivity index (χ1v) is 6.60. The summed E-state index contributed by atoms with van der Waals surface area (Å²) in [4.78, 5) is 0. The molecule has 1 aliphatic heterocycles. The van der Waals surface area contributed by atoms with Crippen molar-refractivity contribution in [3.8, 4) is 0 Å². The Morgan fingerprint density at radius 3 is 2.69 bits per heavy atom. The Kier molecular flexibility index (Phi) is 3.13. The fraction of sp³-hybridized carbons (Fsp3) is 0.400. The molecule has 1 heterocycles. The van der Waals surface area contributed by atoms with Crippen LogP contribution in [0.5, 0.6) is 0 Å². The van der Waals surface area contributed by atoms with Crippen LogP contribution >= 0.6 is 0 Å². The second kappa shape index (κ2) is 4.40. The summed E-state index contributed by atoms with van der Waals surface area (Å²) in [7, 11) is -3.39. The maximum absolute atomic E-state index is 11.8. The van der Waals surface area contributed by atoms with Crippen molar-refractivity contribution in [2.45, 2.75) is 0 Å². The third-order valence-electron chi connectivity index (χ3n) is 2.65. The van der Waals surface area contributed by atoms with E-state index in [9.17, 15) is 8.42 Å². The number of nitrogens with zero attached hydrogens (tertiary/aromatic N) is 1. The lowest BCUT2D eigenvalue weighted by Crippen LogP contribution is -2.53. The minimum atomic E-state index is -3.39. The van der Waals surface area contributed by atoms with Crippen molar-refractivity contribution in [2.75, 3.05) is 23.9 Å². The zero-order chi connectivity index (χ0) is 11.6. The van der Waals surface area contributed by atoms with E-state index in [1.54, 1.807) is 12.1 Å². The quantitative estimate of drug-likeness (QED) is 0.760. The molecule has 6 heteroatoms. The third kappa shape index (κ3) is 2.18. The molecule has 1 fully saturated rings. The molecule has 88 valence electrons. The highest BCUT2D eigenvalue weighted by molar-refractivity contribution is 7.90. The molecule has 1 aromatic rings. The van der Waals surface area contributed by atoms with Crippen LogP contribution in [0.2, 0.25) is 0 Å². The summed E-state index contributed by atoms with van der Waals surface area (Å²) in [6.45, 7) is 1.34. The highest BCUT2D eigenvalue weighted by Crippen LogP contribution is 2.20. The van der Waals surface area contributed by atoms with Crippen molar-refractivity contribution in [3.05, 3.63) is 30.3 Å². The van der Waals surface area contributed by atoms with Gasteiger partial charge in [-0.15, -0.1) is 0 Å². The van der Waals surface area contributed by atoms with Crippen molar-refractivity contribution in [1.29, 1.82) is 0 Å². The van der Waals surface area contributed by atoms with Crippen molar-refractivity contribution in [2.24, 2.45) is 11.7 Å². The van der Waals surface area contributed by atoms with E-state index in [-0.39, 0.29) is 5.92 Å². The number of anilines is 1. The first kappa shape index (κ1) is 11.4. The van der Waals surface area contributed by atoms with E-state index in [2.05, 4.69) is 4.72 Å². The molecule has 3 N–H and O–H groups in total. The van der Waals surface area contributed by atoms with Gasteiger partial charge in [0.25, 0.3) is 0 Å². The number of benzene rings is 1. The summed E-state index contributed by atoms with van der Waals surface area (Å²) in [6, 6.07) is 9.04. The largest absolute Gasteiger partial charge is 0.330 e. The van der Waals surface area contributed by atoms with Gasteiger partial charge in [-0.3, -0.25) is 4.31 Å². The molecule has 1 saturated heterocycles. The topological polar surface area (TPSA) is 75.4 Å². The molecule has 1 aromatic carbocycles. The average molecular weight is 241 g/mol. The predicted molar refractivity (Wildman–Crippen MR) is 63.3 cm³/mol. The van der Waals surface area contributed by atoms with Crippen LogP contribution in [0.15, 0.2) is 30.3 Å². The van der Waals surface area contributed by atoms with Crippen molar-refractivity contribution in [1.82, 2.24) is 4.72 Å². The number of rotatable bonds is 2. The molecule has 0 spiro atoms. The average Bonchev–Trinajstić information content (AvgIpc) is 2.30. The molecule has 0 saturated carbocycles. The van der Waals surface area contributed by atoms with Crippen LogP contribution in [0.1, 0.15) is 0 Å². The summed E-state index contributed by atoms with van der Waals surface area (Å²) in [6.07, 6.45) is 0. The fourth-order valence-corrected chi connectivity index (χ4v) is 3.10. The van der Waals surface area contributed by atoms with Crippen LogP contribution in [-0.2, 0) is 10.2 Å². The number of hydrogen-bond donors (Lipinski definition) is 2. The molecule has 0 aliphatic carbocycles. The van der Waals surface area contributed by atoms with Gasteiger partial charge in [0.15, 0.2) is 0 Å². The smallest absolute Gasteiger partial charge is 0.301 e. The molecule has 0 aromatic heterocycles. The summed E-state index contributed by atoms with van der Waals surface area (Å²) in [5.74, 6) is 0.156. The van der Waals surface area contributed by atoms with E-state index in [1.807, 2.05) is 18.2 Å². The van der Waals surface area contributed by atoms with Crippen LogP contribution < -0.4 is 14.8 Å². The monoisotopic (exact) mass is 241 g/mol. The molecule has 0 amide bonds. The Bertz CT molecular complexity index is 446. The Hall–Kier alpha value is -1.11. The highest BCUT2D eigenvalue weighted by Gasteiger charge is 2.30. The predicted octanol–water partition coefficient (Wildman–Crippen LogP) is -0.0841. The van der Waals surface area contributed by atoms with Crippen molar-refractivity contribution >= 4 is 15.9 Å². The molecule has 2 rings (SSSR count). The van der Waals surface area contributed by atoms with Gasteiger partial charge in [-0.05, 0) is 18.7 Å². The van der Waals surface area contributed by atoms with Crippen LogP contribution in [-0.4, -0.2) is 28.1 Å². The van der Waals surface area contributed by atoms with E-state index in [4.69, 9.17) is 5.73 Å². The van der Waals surface area contributed by atoms with Crippen LogP contribution in [0, 0.1) is 5.92 Å². The lowest BCUT2D eigenvalue weighted by molar-refractivity contribution is 0.486. The van der Waals surface area contributed by atoms with Crippen LogP contribution in [0.25, 0.3) is 0 Å².